The topological polar surface area (TPSA) is 26.5 Å². The lowest BCUT2D eigenvalue weighted by atomic mass is 10.2. The number of aromatic nitrogens is 2. The van der Waals surface area contributed by atoms with Crippen molar-refractivity contribution in [1.29, 1.82) is 0 Å². The van der Waals surface area contributed by atoms with E-state index in [0.29, 0.717) is 0 Å². The molecule has 0 saturated heterocycles. The van der Waals surface area contributed by atoms with Crippen molar-refractivity contribution in [3.8, 4) is 17.0 Å². The summed E-state index contributed by atoms with van der Waals surface area (Å²) in [7, 11) is 1.70. The largest absolute Gasteiger partial charge is 0.495 e. The molecule has 0 saturated carbocycles. The quantitative estimate of drug-likeness (QED) is 0.504. The Morgan fingerprint density at radius 2 is 1.95 bits per heavy atom. The molecule has 0 bridgehead atoms. The Labute approximate surface area is 133 Å². The Kier molecular flexibility index (Phi) is 2.97. The van der Waals surface area contributed by atoms with Gasteiger partial charge in [-0.3, -0.25) is 4.40 Å². The lowest BCUT2D eigenvalue weighted by Crippen LogP contribution is -1.86. The molecule has 0 spiro atoms. The number of hydrogen-bond acceptors (Lipinski definition) is 3. The third kappa shape index (κ3) is 2.04. The first-order chi connectivity index (χ1) is 10.3. The van der Waals surface area contributed by atoms with Gasteiger partial charge in [-0.1, -0.05) is 45.5 Å². The maximum atomic E-state index is 5.48. The summed E-state index contributed by atoms with van der Waals surface area (Å²) in [4.78, 5) is 5.71. The first kappa shape index (κ1) is 12.9. The molecular formula is C16H11BrN2OS. The van der Waals surface area contributed by atoms with Crippen LogP contribution < -0.4 is 4.74 Å². The van der Waals surface area contributed by atoms with Crippen molar-refractivity contribution in [1.82, 2.24) is 9.38 Å². The van der Waals surface area contributed by atoms with E-state index in [4.69, 9.17) is 9.72 Å². The number of halogens is 1. The van der Waals surface area contributed by atoms with E-state index >= 15 is 0 Å². The standard InChI is InChI=1S/C16H11BrN2OS/c1-20-13-3-2-4-14-15(13)19-9-12(18-16(19)21-14)10-5-7-11(17)8-6-10/h2-9H,1H3. The highest BCUT2D eigenvalue weighted by Crippen LogP contribution is 2.34. The summed E-state index contributed by atoms with van der Waals surface area (Å²) in [6.45, 7) is 0. The molecule has 2 heterocycles. The lowest BCUT2D eigenvalue weighted by Gasteiger charge is -2.01. The lowest BCUT2D eigenvalue weighted by molar-refractivity contribution is 0.418. The van der Waals surface area contributed by atoms with E-state index in [1.54, 1.807) is 18.4 Å². The molecule has 3 nitrogen and oxygen atoms in total. The molecule has 0 aliphatic rings. The van der Waals surface area contributed by atoms with E-state index in [0.717, 1.165) is 32.0 Å². The molecule has 2 aromatic heterocycles. The van der Waals surface area contributed by atoms with Gasteiger partial charge in [0.05, 0.1) is 17.5 Å². The Balaban J connectivity index is 1.96. The third-order valence-corrected chi connectivity index (χ3v) is 4.99. The van der Waals surface area contributed by atoms with Crippen molar-refractivity contribution in [2.45, 2.75) is 0 Å². The van der Waals surface area contributed by atoms with Gasteiger partial charge in [0.25, 0.3) is 0 Å². The zero-order chi connectivity index (χ0) is 14.4. The summed E-state index contributed by atoms with van der Waals surface area (Å²) in [6.07, 6.45) is 2.07. The van der Waals surface area contributed by atoms with Gasteiger partial charge in [-0.15, -0.1) is 0 Å². The van der Waals surface area contributed by atoms with Crippen LogP contribution in [0.5, 0.6) is 5.75 Å². The van der Waals surface area contributed by atoms with Gasteiger partial charge in [0.1, 0.15) is 11.3 Å². The number of rotatable bonds is 2. The zero-order valence-electron chi connectivity index (χ0n) is 11.2. The Morgan fingerprint density at radius 1 is 1.14 bits per heavy atom. The first-order valence-corrected chi connectivity index (χ1v) is 8.08. The van der Waals surface area contributed by atoms with Gasteiger partial charge in [-0.2, -0.15) is 0 Å². The normalized spacial score (nSPS) is 11.3. The van der Waals surface area contributed by atoms with Crippen molar-refractivity contribution >= 4 is 42.4 Å². The molecule has 0 aliphatic heterocycles. The van der Waals surface area contributed by atoms with Crippen molar-refractivity contribution in [3.05, 3.63) is 53.1 Å². The molecule has 104 valence electrons. The average Bonchev–Trinajstić information content (AvgIpc) is 3.05. The Morgan fingerprint density at radius 3 is 2.71 bits per heavy atom. The number of thiazole rings is 1. The van der Waals surface area contributed by atoms with E-state index in [9.17, 15) is 0 Å². The molecule has 4 aromatic rings. The summed E-state index contributed by atoms with van der Waals surface area (Å²) in [5.41, 5.74) is 3.16. The molecule has 0 atom stereocenters. The highest BCUT2D eigenvalue weighted by molar-refractivity contribution is 9.10. The molecular weight excluding hydrogens is 348 g/mol. The average molecular weight is 359 g/mol. The molecule has 0 aliphatic carbocycles. The van der Waals surface area contributed by atoms with Gasteiger partial charge < -0.3 is 4.74 Å². The van der Waals surface area contributed by atoms with Crippen LogP contribution in [0.25, 0.3) is 26.4 Å². The van der Waals surface area contributed by atoms with E-state index < -0.39 is 0 Å². The summed E-state index contributed by atoms with van der Waals surface area (Å²) in [5, 5.41) is 0. The summed E-state index contributed by atoms with van der Waals surface area (Å²) < 4.78 is 9.83. The van der Waals surface area contributed by atoms with Crippen LogP contribution in [0.2, 0.25) is 0 Å². The smallest absolute Gasteiger partial charge is 0.195 e. The third-order valence-electron chi connectivity index (χ3n) is 3.44. The number of fused-ring (bicyclic) bond motifs is 3. The van der Waals surface area contributed by atoms with Gasteiger partial charge in [0.2, 0.25) is 0 Å². The van der Waals surface area contributed by atoms with Gasteiger partial charge >= 0.3 is 0 Å². The van der Waals surface area contributed by atoms with Crippen molar-refractivity contribution < 1.29 is 4.74 Å². The second-order valence-corrected chi connectivity index (χ2v) is 6.62. The van der Waals surface area contributed by atoms with Crippen LogP contribution >= 0.6 is 27.3 Å². The molecule has 0 N–H and O–H groups in total. The first-order valence-electron chi connectivity index (χ1n) is 6.47. The van der Waals surface area contributed by atoms with E-state index in [2.05, 4.69) is 44.7 Å². The number of ether oxygens (including phenoxy) is 1. The van der Waals surface area contributed by atoms with Crippen molar-refractivity contribution in [3.63, 3.8) is 0 Å². The van der Waals surface area contributed by atoms with Crippen LogP contribution in [0, 0.1) is 0 Å². The van der Waals surface area contributed by atoms with Crippen LogP contribution in [0.15, 0.2) is 53.1 Å². The fourth-order valence-corrected chi connectivity index (χ4v) is 3.73. The predicted molar refractivity (Wildman–Crippen MR) is 90.3 cm³/mol. The van der Waals surface area contributed by atoms with Crippen LogP contribution in [0.4, 0.5) is 0 Å². The van der Waals surface area contributed by atoms with Crippen LogP contribution in [-0.2, 0) is 0 Å². The fraction of sp³-hybridized carbons (Fsp3) is 0.0625. The minimum absolute atomic E-state index is 0.874. The van der Waals surface area contributed by atoms with Gasteiger partial charge in [0, 0.05) is 16.2 Å². The Bertz CT molecular complexity index is 940. The molecule has 0 amide bonds. The van der Waals surface area contributed by atoms with Crippen molar-refractivity contribution in [2.75, 3.05) is 7.11 Å². The Hall–Kier alpha value is -1.85. The minimum atomic E-state index is 0.874. The van der Waals surface area contributed by atoms with Crippen LogP contribution in [0.3, 0.4) is 0 Å². The van der Waals surface area contributed by atoms with E-state index in [-0.39, 0.29) is 0 Å². The number of nitrogens with zero attached hydrogens (tertiary/aromatic N) is 2. The fourth-order valence-electron chi connectivity index (χ4n) is 2.44. The second-order valence-electron chi connectivity index (χ2n) is 4.69. The number of para-hydroxylation sites is 1. The maximum absolute atomic E-state index is 5.48. The summed E-state index contributed by atoms with van der Waals surface area (Å²) in [5.74, 6) is 0.874. The highest BCUT2D eigenvalue weighted by atomic mass is 79.9. The number of imidazole rings is 1. The van der Waals surface area contributed by atoms with E-state index in [1.807, 2.05) is 24.3 Å². The van der Waals surface area contributed by atoms with Crippen molar-refractivity contribution in [2.24, 2.45) is 0 Å². The molecule has 2 aromatic carbocycles. The van der Waals surface area contributed by atoms with Gasteiger partial charge in [-0.25, -0.2) is 4.98 Å². The van der Waals surface area contributed by atoms with E-state index in [1.165, 1.54) is 4.70 Å². The molecule has 21 heavy (non-hydrogen) atoms. The molecule has 5 heteroatoms. The van der Waals surface area contributed by atoms with Crippen LogP contribution in [-0.4, -0.2) is 16.5 Å². The SMILES string of the molecule is COc1cccc2sc3nc(-c4ccc(Br)cc4)cn3c12. The second kappa shape index (κ2) is 4.86. The van der Waals surface area contributed by atoms with Gasteiger partial charge in [-0.05, 0) is 24.3 Å². The number of hydrogen-bond donors (Lipinski definition) is 0. The summed E-state index contributed by atoms with van der Waals surface area (Å²) in [6, 6.07) is 14.3. The highest BCUT2D eigenvalue weighted by Gasteiger charge is 2.13. The summed E-state index contributed by atoms with van der Waals surface area (Å²) >= 11 is 5.13. The molecule has 4 rings (SSSR count). The molecule has 0 fully saturated rings. The monoisotopic (exact) mass is 358 g/mol. The van der Waals surface area contributed by atoms with Crippen LogP contribution in [0.1, 0.15) is 0 Å². The van der Waals surface area contributed by atoms with Gasteiger partial charge in [0.15, 0.2) is 4.96 Å². The minimum Gasteiger partial charge on any atom is -0.495 e. The maximum Gasteiger partial charge on any atom is 0.195 e. The molecule has 0 unspecified atom stereocenters. The molecule has 0 radical (unpaired) electrons. The number of benzene rings is 2. The predicted octanol–water partition coefficient (Wildman–Crippen LogP) is 4.99. The number of methoxy groups -OCH3 is 1. The zero-order valence-corrected chi connectivity index (χ0v) is 13.6.